The Bertz CT molecular complexity index is 718. The number of aromatic nitrogens is 2. The lowest BCUT2D eigenvalue weighted by Gasteiger charge is -2.36. The van der Waals surface area contributed by atoms with Crippen LogP contribution < -0.4 is 11.0 Å². The number of rotatable bonds is 2. The first-order valence-electron chi connectivity index (χ1n) is 8.36. The number of hydrogen-bond donors (Lipinski definition) is 1. The van der Waals surface area contributed by atoms with Gasteiger partial charge in [0.05, 0.1) is 11.0 Å². The molecular formula is C17H24N4O. The van der Waals surface area contributed by atoms with Gasteiger partial charge in [-0.05, 0) is 37.9 Å². The lowest BCUT2D eigenvalue weighted by atomic mass is 10.0. The Hall–Kier alpha value is -1.59. The second-order valence-electron chi connectivity index (χ2n) is 6.61. The molecule has 1 aromatic carbocycles. The quantitative estimate of drug-likeness (QED) is 0.910. The zero-order valence-corrected chi connectivity index (χ0v) is 13.2. The molecule has 0 aliphatic carbocycles. The Morgan fingerprint density at radius 2 is 1.77 bits per heavy atom. The first kappa shape index (κ1) is 14.0. The smallest absolute Gasteiger partial charge is 0.315 e. The van der Waals surface area contributed by atoms with Crippen molar-refractivity contribution in [3.05, 3.63) is 34.7 Å². The highest BCUT2D eigenvalue weighted by molar-refractivity contribution is 5.76. The minimum Gasteiger partial charge on any atom is -0.315 e. The van der Waals surface area contributed by atoms with Crippen molar-refractivity contribution < 1.29 is 0 Å². The lowest BCUT2D eigenvalue weighted by Crippen LogP contribution is -2.44. The number of fused-ring (bicyclic) bond motifs is 1. The zero-order chi connectivity index (χ0) is 15.1. The molecule has 2 fully saturated rings. The van der Waals surface area contributed by atoms with E-state index in [-0.39, 0.29) is 5.69 Å². The van der Waals surface area contributed by atoms with E-state index in [1.54, 1.807) is 4.57 Å². The van der Waals surface area contributed by atoms with Crippen LogP contribution in [0.25, 0.3) is 11.0 Å². The van der Waals surface area contributed by atoms with E-state index in [9.17, 15) is 4.79 Å². The number of nitrogens with zero attached hydrogens (tertiary/aromatic N) is 3. The molecule has 118 valence electrons. The molecule has 3 heterocycles. The van der Waals surface area contributed by atoms with E-state index in [4.69, 9.17) is 0 Å². The fourth-order valence-corrected chi connectivity index (χ4v) is 4.13. The molecule has 22 heavy (non-hydrogen) atoms. The molecule has 1 atom stereocenters. The third kappa shape index (κ3) is 2.20. The lowest BCUT2D eigenvalue weighted by molar-refractivity contribution is 0.143. The molecule has 5 heteroatoms. The third-order valence-electron chi connectivity index (χ3n) is 5.41. The molecule has 0 amide bonds. The molecule has 0 radical (unpaired) electrons. The summed E-state index contributed by atoms with van der Waals surface area (Å²) < 4.78 is 3.81. The van der Waals surface area contributed by atoms with Crippen LogP contribution in [0.3, 0.4) is 0 Å². The first-order valence-corrected chi connectivity index (χ1v) is 8.36. The molecule has 1 unspecified atom stereocenters. The molecular weight excluding hydrogens is 276 g/mol. The summed E-state index contributed by atoms with van der Waals surface area (Å²) in [5, 5.41) is 3.45. The predicted molar refractivity (Wildman–Crippen MR) is 88.3 cm³/mol. The third-order valence-corrected chi connectivity index (χ3v) is 5.41. The molecule has 2 saturated heterocycles. The first-order chi connectivity index (χ1) is 10.8. The number of para-hydroxylation sites is 2. The topological polar surface area (TPSA) is 42.2 Å². The van der Waals surface area contributed by atoms with Crippen molar-refractivity contribution in [3.63, 3.8) is 0 Å². The average molecular weight is 300 g/mol. The van der Waals surface area contributed by atoms with Gasteiger partial charge in [0.2, 0.25) is 0 Å². The highest BCUT2D eigenvalue weighted by Crippen LogP contribution is 2.27. The number of nitrogens with one attached hydrogen (secondary N) is 1. The number of aryl methyl sites for hydroxylation is 1. The van der Waals surface area contributed by atoms with Crippen LogP contribution in [0.15, 0.2) is 29.1 Å². The number of hydrogen-bond acceptors (Lipinski definition) is 3. The molecule has 0 spiro atoms. The Morgan fingerprint density at radius 3 is 2.45 bits per heavy atom. The van der Waals surface area contributed by atoms with Gasteiger partial charge in [0.15, 0.2) is 0 Å². The SMILES string of the molecule is Cn1c(=O)n(C2CCN(C3CCNC3)CC2)c2ccccc21. The highest BCUT2D eigenvalue weighted by atomic mass is 16.1. The van der Waals surface area contributed by atoms with Crippen molar-refractivity contribution in [1.29, 1.82) is 0 Å². The molecule has 2 aliphatic heterocycles. The van der Waals surface area contributed by atoms with Gasteiger partial charge in [0, 0.05) is 38.8 Å². The minimum absolute atomic E-state index is 0.127. The van der Waals surface area contributed by atoms with Gasteiger partial charge in [0.1, 0.15) is 0 Å². The number of imidazole rings is 1. The van der Waals surface area contributed by atoms with Gasteiger partial charge in [-0.3, -0.25) is 14.0 Å². The Balaban J connectivity index is 1.59. The average Bonchev–Trinajstić information content (AvgIpc) is 3.17. The molecule has 2 aliphatic rings. The van der Waals surface area contributed by atoms with Crippen molar-refractivity contribution >= 4 is 11.0 Å². The van der Waals surface area contributed by atoms with Crippen molar-refractivity contribution in [2.75, 3.05) is 26.2 Å². The van der Waals surface area contributed by atoms with Gasteiger partial charge < -0.3 is 5.32 Å². The molecule has 1 N–H and O–H groups in total. The Kier molecular flexibility index (Phi) is 3.54. The summed E-state index contributed by atoms with van der Waals surface area (Å²) in [6.45, 7) is 4.48. The maximum atomic E-state index is 12.6. The summed E-state index contributed by atoms with van der Waals surface area (Å²) >= 11 is 0. The normalized spacial score (nSPS) is 24.3. The molecule has 0 bridgehead atoms. The van der Waals surface area contributed by atoms with Crippen molar-refractivity contribution in [3.8, 4) is 0 Å². The van der Waals surface area contributed by atoms with Crippen LogP contribution in [-0.4, -0.2) is 46.3 Å². The van der Waals surface area contributed by atoms with E-state index in [0.717, 1.165) is 50.1 Å². The van der Waals surface area contributed by atoms with Crippen LogP contribution >= 0.6 is 0 Å². The van der Waals surface area contributed by atoms with Gasteiger partial charge in [0.25, 0.3) is 0 Å². The summed E-state index contributed by atoms with van der Waals surface area (Å²) in [7, 11) is 1.88. The fourth-order valence-electron chi connectivity index (χ4n) is 4.13. The van der Waals surface area contributed by atoms with Crippen molar-refractivity contribution in [2.45, 2.75) is 31.3 Å². The maximum absolute atomic E-state index is 12.6. The summed E-state index contributed by atoms with van der Waals surface area (Å²) in [5.41, 5.74) is 2.24. The van der Waals surface area contributed by atoms with Crippen molar-refractivity contribution in [2.24, 2.45) is 7.05 Å². The predicted octanol–water partition coefficient (Wildman–Crippen LogP) is 1.34. The molecule has 0 saturated carbocycles. The number of benzene rings is 1. The number of piperidine rings is 1. The van der Waals surface area contributed by atoms with Gasteiger partial charge in [-0.2, -0.15) is 0 Å². The van der Waals surface area contributed by atoms with E-state index in [0.29, 0.717) is 12.1 Å². The molecule has 5 nitrogen and oxygen atoms in total. The van der Waals surface area contributed by atoms with Crippen LogP contribution in [0.2, 0.25) is 0 Å². The fraction of sp³-hybridized carbons (Fsp3) is 0.588. The summed E-state index contributed by atoms with van der Waals surface area (Å²) in [5.74, 6) is 0. The Labute approximate surface area is 130 Å². The second-order valence-corrected chi connectivity index (χ2v) is 6.61. The monoisotopic (exact) mass is 300 g/mol. The van der Waals surface area contributed by atoms with E-state index in [1.165, 1.54) is 6.42 Å². The Morgan fingerprint density at radius 1 is 1.05 bits per heavy atom. The summed E-state index contributed by atoms with van der Waals surface area (Å²) in [6.07, 6.45) is 3.41. The van der Waals surface area contributed by atoms with Crippen molar-refractivity contribution in [1.82, 2.24) is 19.4 Å². The van der Waals surface area contributed by atoms with E-state index in [1.807, 2.05) is 29.8 Å². The van der Waals surface area contributed by atoms with E-state index >= 15 is 0 Å². The zero-order valence-electron chi connectivity index (χ0n) is 13.2. The van der Waals surface area contributed by atoms with Crippen LogP contribution in [0.1, 0.15) is 25.3 Å². The number of likely N-dealkylation sites (tertiary alicyclic amines) is 1. The van der Waals surface area contributed by atoms with Gasteiger partial charge in [-0.1, -0.05) is 12.1 Å². The van der Waals surface area contributed by atoms with Gasteiger partial charge >= 0.3 is 5.69 Å². The van der Waals surface area contributed by atoms with E-state index < -0.39 is 0 Å². The standard InChI is InChI=1S/C17H24N4O/c1-19-15-4-2-3-5-16(15)21(17(19)22)13-7-10-20(11-8-13)14-6-9-18-12-14/h2-5,13-14,18H,6-12H2,1H3. The second kappa shape index (κ2) is 5.56. The van der Waals surface area contributed by atoms with E-state index in [2.05, 4.69) is 16.3 Å². The van der Waals surface area contributed by atoms with Crippen LogP contribution in [0, 0.1) is 0 Å². The van der Waals surface area contributed by atoms with Crippen LogP contribution in [0.5, 0.6) is 0 Å². The van der Waals surface area contributed by atoms with Crippen LogP contribution in [-0.2, 0) is 7.05 Å². The highest BCUT2D eigenvalue weighted by Gasteiger charge is 2.29. The largest absolute Gasteiger partial charge is 0.329 e. The van der Waals surface area contributed by atoms with Crippen LogP contribution in [0.4, 0.5) is 0 Å². The van der Waals surface area contributed by atoms with Gasteiger partial charge in [-0.15, -0.1) is 0 Å². The molecule has 1 aromatic heterocycles. The summed E-state index contributed by atoms with van der Waals surface area (Å²) in [6, 6.07) is 9.17. The summed E-state index contributed by atoms with van der Waals surface area (Å²) in [4.78, 5) is 15.2. The van der Waals surface area contributed by atoms with Gasteiger partial charge in [-0.25, -0.2) is 4.79 Å². The molecule has 2 aromatic rings. The molecule has 4 rings (SSSR count). The maximum Gasteiger partial charge on any atom is 0.329 e. The minimum atomic E-state index is 0.127.